The van der Waals surface area contributed by atoms with E-state index in [1.54, 1.807) is 0 Å². The van der Waals surface area contributed by atoms with Gasteiger partial charge < -0.3 is 15.0 Å². The third-order valence-electron chi connectivity index (χ3n) is 3.42. The van der Waals surface area contributed by atoms with Gasteiger partial charge in [-0.15, -0.1) is 11.3 Å². The average Bonchev–Trinajstić information content (AvgIpc) is 2.72. The normalized spacial score (nSPS) is 24.2. The molecule has 1 aliphatic rings. The number of hydrogen-bond donors (Lipinski definition) is 1. The molecule has 2 heterocycles. The molecule has 0 aliphatic carbocycles. The first-order valence-corrected chi connectivity index (χ1v) is 8.18. The molecular weight excluding hydrogens is 270 g/mol. The Morgan fingerprint density at radius 2 is 1.90 bits per heavy atom. The summed E-state index contributed by atoms with van der Waals surface area (Å²) in [6.07, 6.45) is 0.543. The van der Waals surface area contributed by atoms with Gasteiger partial charge in [-0.25, -0.2) is 4.98 Å². The smallest absolute Gasteiger partial charge is 0.186 e. The van der Waals surface area contributed by atoms with Crippen molar-refractivity contribution in [2.75, 3.05) is 25.0 Å². The molecule has 0 saturated carbocycles. The van der Waals surface area contributed by atoms with Crippen molar-refractivity contribution in [2.24, 2.45) is 0 Å². The van der Waals surface area contributed by atoms with Crippen LogP contribution in [-0.2, 0) is 16.7 Å². The fraction of sp³-hybridized carbons (Fsp3) is 0.800. The highest BCUT2D eigenvalue weighted by molar-refractivity contribution is 7.15. The predicted octanol–water partition coefficient (Wildman–Crippen LogP) is 2.77. The number of hydrogen-bond acceptors (Lipinski definition) is 5. The molecule has 114 valence electrons. The van der Waals surface area contributed by atoms with Gasteiger partial charge in [0.05, 0.1) is 17.9 Å². The monoisotopic (exact) mass is 297 g/mol. The first-order valence-electron chi connectivity index (χ1n) is 7.36. The molecule has 1 fully saturated rings. The number of aromatic nitrogens is 1. The zero-order valence-corrected chi connectivity index (χ0v) is 14.3. The lowest BCUT2D eigenvalue weighted by atomic mass is 9.91. The van der Waals surface area contributed by atoms with Crippen molar-refractivity contribution < 1.29 is 4.74 Å². The molecule has 2 atom stereocenters. The molecule has 1 N–H and O–H groups in total. The highest BCUT2D eigenvalue weighted by Crippen LogP contribution is 2.34. The largest absolute Gasteiger partial charge is 0.372 e. The van der Waals surface area contributed by atoms with E-state index in [4.69, 9.17) is 9.72 Å². The van der Waals surface area contributed by atoms with Crippen molar-refractivity contribution in [3.05, 3.63) is 10.6 Å². The summed E-state index contributed by atoms with van der Waals surface area (Å²) in [6.45, 7) is 13.7. The van der Waals surface area contributed by atoms with Gasteiger partial charge in [-0.05, 0) is 20.9 Å². The molecule has 1 aliphatic heterocycles. The summed E-state index contributed by atoms with van der Waals surface area (Å²) < 4.78 is 5.81. The summed E-state index contributed by atoms with van der Waals surface area (Å²) >= 11 is 1.82. The molecule has 0 unspecified atom stereocenters. The SMILES string of the molecule is CNCc1sc(N2C[C@@H](C)O[C@@H](C)C2)nc1C(C)(C)C. The summed E-state index contributed by atoms with van der Waals surface area (Å²) in [5.41, 5.74) is 1.31. The second kappa shape index (κ2) is 6.00. The lowest BCUT2D eigenvalue weighted by molar-refractivity contribution is -0.00523. The third kappa shape index (κ3) is 3.51. The van der Waals surface area contributed by atoms with Crippen molar-refractivity contribution in [3.63, 3.8) is 0 Å². The first kappa shape index (κ1) is 15.7. The molecule has 2 rings (SSSR count). The summed E-state index contributed by atoms with van der Waals surface area (Å²) in [5, 5.41) is 4.40. The van der Waals surface area contributed by atoms with Crippen LogP contribution in [0.5, 0.6) is 0 Å². The van der Waals surface area contributed by atoms with Gasteiger partial charge in [-0.1, -0.05) is 20.8 Å². The van der Waals surface area contributed by atoms with Crippen LogP contribution in [0.1, 0.15) is 45.2 Å². The van der Waals surface area contributed by atoms with Crippen molar-refractivity contribution in [1.82, 2.24) is 10.3 Å². The van der Waals surface area contributed by atoms with Crippen molar-refractivity contribution in [3.8, 4) is 0 Å². The Kier molecular flexibility index (Phi) is 4.72. The molecule has 0 spiro atoms. The molecule has 0 radical (unpaired) electrons. The number of anilines is 1. The maximum atomic E-state index is 5.81. The van der Waals surface area contributed by atoms with Crippen LogP contribution in [0.3, 0.4) is 0 Å². The molecule has 1 saturated heterocycles. The van der Waals surface area contributed by atoms with Crippen molar-refractivity contribution >= 4 is 16.5 Å². The number of morpholine rings is 1. The highest BCUT2D eigenvalue weighted by Gasteiger charge is 2.28. The summed E-state index contributed by atoms with van der Waals surface area (Å²) in [6, 6.07) is 0. The standard InChI is InChI=1S/C15H27N3OS/c1-10-8-18(9-11(2)19-10)14-17-13(15(3,4)5)12(20-14)7-16-6/h10-11,16H,7-9H2,1-6H3/t10-,11+. The second-order valence-electron chi connectivity index (χ2n) is 6.71. The van der Waals surface area contributed by atoms with Gasteiger partial charge in [0.15, 0.2) is 5.13 Å². The number of ether oxygens (including phenoxy) is 1. The van der Waals surface area contributed by atoms with Gasteiger partial charge in [0.1, 0.15) is 0 Å². The zero-order valence-electron chi connectivity index (χ0n) is 13.5. The fourth-order valence-electron chi connectivity index (χ4n) is 2.68. The van der Waals surface area contributed by atoms with E-state index in [2.05, 4.69) is 44.8 Å². The van der Waals surface area contributed by atoms with Crippen LogP contribution in [0, 0.1) is 0 Å². The van der Waals surface area contributed by atoms with Crippen LogP contribution in [0.4, 0.5) is 5.13 Å². The van der Waals surface area contributed by atoms with Gasteiger partial charge in [0.2, 0.25) is 0 Å². The summed E-state index contributed by atoms with van der Waals surface area (Å²) in [5.74, 6) is 0. The fourth-order valence-corrected chi connectivity index (χ4v) is 3.98. The number of nitrogens with zero attached hydrogens (tertiary/aromatic N) is 2. The summed E-state index contributed by atoms with van der Waals surface area (Å²) in [4.78, 5) is 8.66. The van der Waals surface area contributed by atoms with Gasteiger partial charge >= 0.3 is 0 Å². The Morgan fingerprint density at radius 1 is 1.30 bits per heavy atom. The average molecular weight is 297 g/mol. The van der Waals surface area contributed by atoms with E-state index in [0.717, 1.165) is 24.8 Å². The van der Waals surface area contributed by atoms with Gasteiger partial charge in [0, 0.05) is 29.9 Å². The van der Waals surface area contributed by atoms with E-state index in [0.29, 0.717) is 0 Å². The lowest BCUT2D eigenvalue weighted by Gasteiger charge is -2.35. The van der Waals surface area contributed by atoms with Crippen LogP contribution < -0.4 is 10.2 Å². The van der Waals surface area contributed by atoms with Crippen LogP contribution in [0.15, 0.2) is 0 Å². The van der Waals surface area contributed by atoms with Crippen molar-refractivity contribution in [2.45, 2.75) is 58.8 Å². The van der Waals surface area contributed by atoms with Crippen LogP contribution >= 0.6 is 11.3 Å². The minimum atomic E-state index is 0.0878. The Balaban J connectivity index is 2.28. The summed E-state index contributed by atoms with van der Waals surface area (Å²) in [7, 11) is 1.99. The third-order valence-corrected chi connectivity index (χ3v) is 4.54. The minimum absolute atomic E-state index is 0.0878. The van der Waals surface area contributed by atoms with Gasteiger partial charge in [-0.3, -0.25) is 0 Å². The Labute approximate surface area is 126 Å². The number of nitrogens with one attached hydrogen (secondary N) is 1. The molecule has 1 aromatic heterocycles. The van der Waals surface area contributed by atoms with E-state index in [1.807, 2.05) is 18.4 Å². The molecule has 5 heteroatoms. The van der Waals surface area contributed by atoms with E-state index in [9.17, 15) is 0 Å². The molecule has 1 aromatic rings. The van der Waals surface area contributed by atoms with E-state index >= 15 is 0 Å². The minimum Gasteiger partial charge on any atom is -0.372 e. The maximum Gasteiger partial charge on any atom is 0.186 e. The Hall–Kier alpha value is -0.650. The van der Waals surface area contributed by atoms with Crippen LogP contribution in [0.2, 0.25) is 0 Å². The van der Waals surface area contributed by atoms with E-state index in [1.165, 1.54) is 10.6 Å². The topological polar surface area (TPSA) is 37.4 Å². The maximum absolute atomic E-state index is 5.81. The number of rotatable bonds is 3. The Bertz CT molecular complexity index is 442. The van der Waals surface area contributed by atoms with Gasteiger partial charge in [-0.2, -0.15) is 0 Å². The van der Waals surface area contributed by atoms with Crippen LogP contribution in [0.25, 0.3) is 0 Å². The Morgan fingerprint density at radius 3 is 2.40 bits per heavy atom. The van der Waals surface area contributed by atoms with Crippen molar-refractivity contribution in [1.29, 1.82) is 0 Å². The zero-order chi connectivity index (χ0) is 14.9. The number of thiazole rings is 1. The predicted molar refractivity (Wildman–Crippen MR) is 85.8 cm³/mol. The van der Waals surface area contributed by atoms with E-state index < -0.39 is 0 Å². The quantitative estimate of drug-likeness (QED) is 0.931. The van der Waals surface area contributed by atoms with Gasteiger partial charge in [0.25, 0.3) is 0 Å². The second-order valence-corrected chi connectivity index (χ2v) is 7.77. The molecule has 0 aromatic carbocycles. The first-order chi connectivity index (χ1) is 9.31. The molecule has 0 bridgehead atoms. The molecule has 4 nitrogen and oxygen atoms in total. The lowest BCUT2D eigenvalue weighted by Crippen LogP contribution is -2.45. The van der Waals surface area contributed by atoms with E-state index in [-0.39, 0.29) is 17.6 Å². The molecular formula is C15H27N3OS. The highest BCUT2D eigenvalue weighted by atomic mass is 32.1. The molecule has 20 heavy (non-hydrogen) atoms. The van der Waals surface area contributed by atoms with Crippen LogP contribution in [-0.4, -0.2) is 37.3 Å². The molecule has 0 amide bonds.